The molecule has 0 aliphatic carbocycles. The van der Waals surface area contributed by atoms with E-state index < -0.39 is 5.82 Å². The fourth-order valence-corrected chi connectivity index (χ4v) is 1.89. The summed E-state index contributed by atoms with van der Waals surface area (Å²) in [6.07, 6.45) is 1.36. The Labute approximate surface area is 123 Å². The van der Waals surface area contributed by atoms with Crippen LogP contribution in [-0.2, 0) is 6.54 Å². The second kappa shape index (κ2) is 8.07. The second-order valence-electron chi connectivity index (χ2n) is 4.82. The highest BCUT2D eigenvalue weighted by Gasteiger charge is 2.12. The molecule has 1 unspecified atom stereocenters. The summed E-state index contributed by atoms with van der Waals surface area (Å²) in [7, 11) is 1.64. The van der Waals surface area contributed by atoms with Crippen LogP contribution < -0.4 is 5.32 Å². The van der Waals surface area contributed by atoms with E-state index in [4.69, 9.17) is 16.7 Å². The fraction of sp³-hybridized carbons (Fsp3) is 0.500. The maximum absolute atomic E-state index is 13.3. The molecule has 0 bridgehead atoms. The van der Waals surface area contributed by atoms with E-state index in [9.17, 15) is 9.18 Å². The van der Waals surface area contributed by atoms with Gasteiger partial charge in [0.05, 0.1) is 5.02 Å². The number of aliphatic hydroxyl groups excluding tert-OH is 1. The molecule has 2 N–H and O–H groups in total. The van der Waals surface area contributed by atoms with Gasteiger partial charge in [0, 0.05) is 26.2 Å². The molecule has 0 fully saturated rings. The molecule has 4 nitrogen and oxygen atoms in total. The normalized spacial score (nSPS) is 12.1. The lowest BCUT2D eigenvalue weighted by molar-refractivity contribution is 0.201. The highest BCUT2D eigenvalue weighted by molar-refractivity contribution is 6.30. The van der Waals surface area contributed by atoms with Crippen molar-refractivity contribution in [1.29, 1.82) is 0 Å². The molecule has 6 heteroatoms. The van der Waals surface area contributed by atoms with Crippen LogP contribution in [0.15, 0.2) is 18.2 Å². The molecule has 2 amide bonds. The highest BCUT2D eigenvalue weighted by atomic mass is 35.5. The van der Waals surface area contributed by atoms with E-state index in [1.165, 1.54) is 17.0 Å². The lowest BCUT2D eigenvalue weighted by atomic mass is 10.2. The van der Waals surface area contributed by atoms with Gasteiger partial charge in [0.15, 0.2) is 0 Å². The zero-order chi connectivity index (χ0) is 15.1. The Morgan fingerprint density at radius 1 is 1.55 bits per heavy atom. The summed E-state index contributed by atoms with van der Waals surface area (Å²) in [5, 5.41) is 11.6. The third-order valence-corrected chi connectivity index (χ3v) is 3.22. The number of urea groups is 1. The van der Waals surface area contributed by atoms with Crippen LogP contribution >= 0.6 is 11.6 Å². The summed E-state index contributed by atoms with van der Waals surface area (Å²) in [5.41, 5.74) is 0.674. The Bertz CT molecular complexity index is 457. The average molecular weight is 303 g/mol. The number of halogens is 2. The summed E-state index contributed by atoms with van der Waals surface area (Å²) in [6, 6.07) is 4.23. The average Bonchev–Trinajstić information content (AvgIpc) is 2.40. The van der Waals surface area contributed by atoms with Crippen LogP contribution in [0.4, 0.5) is 9.18 Å². The molecule has 0 aliphatic heterocycles. The number of carbonyl (C=O) groups is 1. The van der Waals surface area contributed by atoms with Crippen molar-refractivity contribution in [2.45, 2.75) is 32.4 Å². The van der Waals surface area contributed by atoms with Crippen LogP contribution in [0.25, 0.3) is 0 Å². The van der Waals surface area contributed by atoms with Crippen LogP contribution in [0.2, 0.25) is 5.02 Å². The minimum absolute atomic E-state index is 0.0148. The number of hydrogen-bond acceptors (Lipinski definition) is 2. The number of hydrogen-bond donors (Lipinski definition) is 2. The molecule has 112 valence electrons. The van der Waals surface area contributed by atoms with Gasteiger partial charge < -0.3 is 15.3 Å². The van der Waals surface area contributed by atoms with E-state index >= 15 is 0 Å². The Balaban J connectivity index is 2.50. The van der Waals surface area contributed by atoms with Crippen LogP contribution in [0.5, 0.6) is 0 Å². The molecule has 0 saturated heterocycles. The van der Waals surface area contributed by atoms with Gasteiger partial charge in [0.25, 0.3) is 0 Å². The maximum Gasteiger partial charge on any atom is 0.317 e. The number of carbonyl (C=O) groups excluding carboxylic acids is 1. The summed E-state index contributed by atoms with van der Waals surface area (Å²) in [6.45, 7) is 2.29. The van der Waals surface area contributed by atoms with Gasteiger partial charge >= 0.3 is 6.03 Å². The zero-order valence-electron chi connectivity index (χ0n) is 11.7. The summed E-state index contributed by atoms with van der Waals surface area (Å²) < 4.78 is 13.3. The third-order valence-electron chi connectivity index (χ3n) is 2.92. The summed E-state index contributed by atoms with van der Waals surface area (Å²) in [5.74, 6) is -0.491. The molecule has 0 heterocycles. The van der Waals surface area contributed by atoms with Gasteiger partial charge in [-0.1, -0.05) is 17.7 Å². The first kappa shape index (κ1) is 16.7. The van der Waals surface area contributed by atoms with Crippen LogP contribution in [-0.4, -0.2) is 35.7 Å². The predicted molar refractivity (Wildman–Crippen MR) is 77.2 cm³/mol. The van der Waals surface area contributed by atoms with Crippen molar-refractivity contribution in [1.82, 2.24) is 10.2 Å². The Hall–Kier alpha value is -1.33. The van der Waals surface area contributed by atoms with E-state index in [1.54, 1.807) is 13.1 Å². The first-order valence-electron chi connectivity index (χ1n) is 6.50. The van der Waals surface area contributed by atoms with Gasteiger partial charge in [-0.2, -0.15) is 0 Å². The monoisotopic (exact) mass is 302 g/mol. The van der Waals surface area contributed by atoms with Crippen molar-refractivity contribution in [3.8, 4) is 0 Å². The molecule has 1 aromatic carbocycles. The Morgan fingerprint density at radius 2 is 2.25 bits per heavy atom. The van der Waals surface area contributed by atoms with Gasteiger partial charge in [-0.05, 0) is 37.5 Å². The van der Waals surface area contributed by atoms with Gasteiger partial charge in [-0.25, -0.2) is 9.18 Å². The van der Waals surface area contributed by atoms with Gasteiger partial charge in [0.1, 0.15) is 5.82 Å². The quantitative estimate of drug-likeness (QED) is 0.849. The van der Waals surface area contributed by atoms with E-state index in [-0.39, 0.29) is 23.7 Å². The maximum atomic E-state index is 13.3. The highest BCUT2D eigenvalue weighted by Crippen LogP contribution is 2.16. The van der Waals surface area contributed by atoms with Gasteiger partial charge in [0.2, 0.25) is 0 Å². The van der Waals surface area contributed by atoms with E-state index in [0.29, 0.717) is 24.9 Å². The topological polar surface area (TPSA) is 52.6 Å². The number of amides is 2. The van der Waals surface area contributed by atoms with Crippen LogP contribution in [0.3, 0.4) is 0 Å². The number of aliphatic hydroxyl groups is 1. The van der Waals surface area contributed by atoms with Gasteiger partial charge in [-0.3, -0.25) is 0 Å². The molecule has 0 aromatic heterocycles. The summed E-state index contributed by atoms with van der Waals surface area (Å²) >= 11 is 5.61. The van der Waals surface area contributed by atoms with Crippen molar-refractivity contribution in [2.75, 3.05) is 13.7 Å². The fourth-order valence-electron chi connectivity index (χ4n) is 1.77. The van der Waals surface area contributed by atoms with Crippen molar-refractivity contribution >= 4 is 17.6 Å². The first-order chi connectivity index (χ1) is 9.43. The zero-order valence-corrected chi connectivity index (χ0v) is 12.5. The Kier molecular flexibility index (Phi) is 6.75. The largest absolute Gasteiger partial charge is 0.396 e. The summed E-state index contributed by atoms with van der Waals surface area (Å²) in [4.78, 5) is 13.4. The van der Waals surface area contributed by atoms with E-state index in [0.717, 1.165) is 0 Å². The molecule has 1 aromatic rings. The minimum atomic E-state index is -0.491. The van der Waals surface area contributed by atoms with Crippen molar-refractivity contribution < 1.29 is 14.3 Å². The molecule has 0 saturated carbocycles. The standard InChI is InChI=1S/C14H20ClFN2O2/c1-10(4-3-7-19)17-14(20)18(2)9-11-5-6-12(15)13(16)8-11/h5-6,8,10,19H,3-4,7,9H2,1-2H3,(H,17,20). The molecule has 0 radical (unpaired) electrons. The molecule has 1 rings (SSSR count). The molecule has 20 heavy (non-hydrogen) atoms. The molecular formula is C14H20ClFN2O2. The van der Waals surface area contributed by atoms with Crippen LogP contribution in [0, 0.1) is 5.82 Å². The Morgan fingerprint density at radius 3 is 2.85 bits per heavy atom. The van der Waals surface area contributed by atoms with Crippen molar-refractivity contribution in [2.24, 2.45) is 0 Å². The molecule has 0 spiro atoms. The first-order valence-corrected chi connectivity index (χ1v) is 6.88. The molecule has 1 atom stereocenters. The third kappa shape index (κ3) is 5.35. The number of benzene rings is 1. The van der Waals surface area contributed by atoms with Crippen molar-refractivity contribution in [3.63, 3.8) is 0 Å². The SMILES string of the molecule is CC(CCCO)NC(=O)N(C)Cc1ccc(Cl)c(F)c1. The minimum Gasteiger partial charge on any atom is -0.396 e. The predicted octanol–water partition coefficient (Wildman–Crippen LogP) is 2.78. The van der Waals surface area contributed by atoms with Crippen LogP contribution in [0.1, 0.15) is 25.3 Å². The second-order valence-corrected chi connectivity index (χ2v) is 5.23. The number of rotatable bonds is 6. The van der Waals surface area contributed by atoms with E-state index in [1.807, 2.05) is 6.92 Å². The lowest BCUT2D eigenvalue weighted by Crippen LogP contribution is -2.41. The van der Waals surface area contributed by atoms with Gasteiger partial charge in [-0.15, -0.1) is 0 Å². The van der Waals surface area contributed by atoms with E-state index in [2.05, 4.69) is 5.32 Å². The number of nitrogens with one attached hydrogen (secondary N) is 1. The lowest BCUT2D eigenvalue weighted by Gasteiger charge is -2.21. The van der Waals surface area contributed by atoms with Crippen molar-refractivity contribution in [3.05, 3.63) is 34.6 Å². The number of nitrogens with zero attached hydrogens (tertiary/aromatic N) is 1. The molecular weight excluding hydrogens is 283 g/mol. The smallest absolute Gasteiger partial charge is 0.317 e. The molecule has 0 aliphatic rings.